The van der Waals surface area contributed by atoms with Gasteiger partial charge in [-0.2, -0.15) is 0 Å². The zero-order valence-electron chi connectivity index (χ0n) is 6.43. The van der Waals surface area contributed by atoms with Crippen LogP contribution in [0.4, 0.5) is 4.39 Å². The fourth-order valence-corrected chi connectivity index (χ4v) is 1.26. The number of halogens is 2. The molecule has 2 nitrogen and oxygen atoms in total. The molecular weight excluding hydrogens is 223 g/mol. The normalized spacial score (nSPS) is 13.0. The summed E-state index contributed by atoms with van der Waals surface area (Å²) in [5, 5.41) is 0. The van der Waals surface area contributed by atoms with Crippen LogP contribution in [0.5, 0.6) is 0 Å². The van der Waals surface area contributed by atoms with E-state index in [9.17, 15) is 4.39 Å². The van der Waals surface area contributed by atoms with Crippen LogP contribution in [0, 0.1) is 5.82 Å². The maximum Gasteiger partial charge on any atom is 0.129 e. The largest absolute Gasteiger partial charge is 0.329 e. The molecule has 0 saturated heterocycles. The van der Waals surface area contributed by atoms with Gasteiger partial charge in [-0.1, -0.05) is 22.0 Å². The summed E-state index contributed by atoms with van der Waals surface area (Å²) in [4.78, 5) is 0. The molecule has 1 atom stereocenters. The van der Waals surface area contributed by atoms with E-state index in [1.54, 1.807) is 12.1 Å². The topological polar surface area (TPSA) is 52.0 Å². The fourth-order valence-electron chi connectivity index (χ4n) is 0.929. The smallest absolute Gasteiger partial charge is 0.129 e. The number of hydrogen-bond donors (Lipinski definition) is 2. The van der Waals surface area contributed by atoms with Crippen molar-refractivity contribution in [1.29, 1.82) is 0 Å². The molecule has 0 spiro atoms. The molecule has 1 aromatic rings. The van der Waals surface area contributed by atoms with Crippen molar-refractivity contribution in [2.45, 2.75) is 6.04 Å². The Morgan fingerprint density at radius 1 is 1.50 bits per heavy atom. The Hall–Kier alpha value is -0.450. The quantitative estimate of drug-likeness (QED) is 0.814. The van der Waals surface area contributed by atoms with Gasteiger partial charge in [0.1, 0.15) is 5.82 Å². The minimum atomic E-state index is -0.418. The molecule has 0 bridgehead atoms. The van der Waals surface area contributed by atoms with Gasteiger partial charge in [0.2, 0.25) is 0 Å². The molecule has 0 amide bonds. The van der Waals surface area contributed by atoms with Crippen molar-refractivity contribution in [3.05, 3.63) is 34.1 Å². The van der Waals surface area contributed by atoms with E-state index in [4.69, 9.17) is 11.5 Å². The van der Waals surface area contributed by atoms with Crippen LogP contribution in [-0.2, 0) is 0 Å². The Morgan fingerprint density at radius 3 is 2.67 bits per heavy atom. The zero-order chi connectivity index (χ0) is 9.14. The second-order valence-corrected chi connectivity index (χ2v) is 3.42. The first kappa shape index (κ1) is 9.64. The molecule has 0 aliphatic rings. The van der Waals surface area contributed by atoms with E-state index < -0.39 is 6.04 Å². The highest BCUT2D eigenvalue weighted by Gasteiger charge is 2.08. The van der Waals surface area contributed by atoms with Gasteiger partial charge in [-0.25, -0.2) is 4.39 Å². The van der Waals surface area contributed by atoms with Gasteiger partial charge in [0, 0.05) is 22.6 Å². The Labute approximate surface area is 78.9 Å². The number of hydrogen-bond acceptors (Lipinski definition) is 2. The third-order valence-corrected chi connectivity index (χ3v) is 2.11. The zero-order valence-corrected chi connectivity index (χ0v) is 8.01. The van der Waals surface area contributed by atoms with Crippen LogP contribution in [0.15, 0.2) is 22.7 Å². The lowest BCUT2D eigenvalue weighted by molar-refractivity contribution is 0.583. The van der Waals surface area contributed by atoms with Crippen LogP contribution < -0.4 is 11.5 Å². The lowest BCUT2D eigenvalue weighted by Gasteiger charge is -2.09. The molecule has 0 fully saturated rings. The van der Waals surface area contributed by atoms with Crippen molar-refractivity contribution in [1.82, 2.24) is 0 Å². The predicted molar refractivity (Wildman–Crippen MR) is 50.1 cm³/mol. The predicted octanol–water partition coefficient (Wildman–Crippen LogP) is 1.55. The van der Waals surface area contributed by atoms with E-state index in [1.165, 1.54) is 6.07 Å². The molecule has 4 N–H and O–H groups in total. The summed E-state index contributed by atoms with van der Waals surface area (Å²) in [5.74, 6) is -0.317. The number of rotatable bonds is 2. The summed E-state index contributed by atoms with van der Waals surface area (Å²) in [5.41, 5.74) is 11.3. The molecule has 0 aromatic heterocycles. The fraction of sp³-hybridized carbons (Fsp3) is 0.250. The minimum absolute atomic E-state index is 0.249. The van der Waals surface area contributed by atoms with Gasteiger partial charge in [-0.15, -0.1) is 0 Å². The first-order valence-electron chi connectivity index (χ1n) is 3.55. The highest BCUT2D eigenvalue weighted by atomic mass is 79.9. The minimum Gasteiger partial charge on any atom is -0.329 e. The van der Waals surface area contributed by atoms with Gasteiger partial charge in [0.15, 0.2) is 0 Å². The standard InChI is InChI=1S/C8H10BrFN2/c9-5-1-2-6(7(10)3-5)8(12)4-11/h1-3,8H,4,11-12H2/t8-/m0/s1. The molecule has 4 heteroatoms. The van der Waals surface area contributed by atoms with Gasteiger partial charge >= 0.3 is 0 Å². The van der Waals surface area contributed by atoms with Crippen LogP contribution in [-0.4, -0.2) is 6.54 Å². The van der Waals surface area contributed by atoms with Crippen molar-refractivity contribution in [3.8, 4) is 0 Å². The lowest BCUT2D eigenvalue weighted by atomic mass is 10.1. The van der Waals surface area contributed by atoms with Gasteiger partial charge in [-0.3, -0.25) is 0 Å². The monoisotopic (exact) mass is 232 g/mol. The summed E-state index contributed by atoms with van der Waals surface area (Å²) >= 11 is 3.16. The van der Waals surface area contributed by atoms with Crippen LogP contribution in [0.25, 0.3) is 0 Å². The van der Waals surface area contributed by atoms with E-state index >= 15 is 0 Å². The molecule has 0 unspecified atom stereocenters. The molecule has 1 aromatic carbocycles. The van der Waals surface area contributed by atoms with E-state index in [-0.39, 0.29) is 12.4 Å². The highest BCUT2D eigenvalue weighted by molar-refractivity contribution is 9.10. The second-order valence-electron chi connectivity index (χ2n) is 2.51. The Bertz CT molecular complexity index is 278. The number of benzene rings is 1. The van der Waals surface area contributed by atoms with Crippen molar-refractivity contribution in [2.75, 3.05) is 6.54 Å². The molecule has 12 heavy (non-hydrogen) atoms. The average molecular weight is 233 g/mol. The van der Waals surface area contributed by atoms with Crippen molar-refractivity contribution >= 4 is 15.9 Å². The molecule has 0 radical (unpaired) electrons. The van der Waals surface area contributed by atoms with E-state index in [0.717, 1.165) is 0 Å². The first-order valence-corrected chi connectivity index (χ1v) is 4.35. The van der Waals surface area contributed by atoms with Crippen molar-refractivity contribution < 1.29 is 4.39 Å². The molecule has 66 valence electrons. The maximum absolute atomic E-state index is 13.1. The maximum atomic E-state index is 13.1. The molecule has 0 saturated carbocycles. The van der Waals surface area contributed by atoms with E-state index in [0.29, 0.717) is 10.0 Å². The van der Waals surface area contributed by atoms with Gasteiger partial charge in [-0.05, 0) is 12.1 Å². The molecular formula is C8H10BrFN2. The average Bonchev–Trinajstić information content (AvgIpc) is 2.03. The SMILES string of the molecule is NC[C@H](N)c1ccc(Br)cc1F. The number of nitrogens with two attached hydrogens (primary N) is 2. The van der Waals surface area contributed by atoms with Crippen LogP contribution in [0.2, 0.25) is 0 Å². The van der Waals surface area contributed by atoms with Crippen LogP contribution in [0.1, 0.15) is 11.6 Å². The van der Waals surface area contributed by atoms with Crippen LogP contribution >= 0.6 is 15.9 Å². The van der Waals surface area contributed by atoms with E-state index in [2.05, 4.69) is 15.9 Å². The van der Waals surface area contributed by atoms with Crippen molar-refractivity contribution in [2.24, 2.45) is 11.5 Å². The van der Waals surface area contributed by atoms with Gasteiger partial charge in [0.05, 0.1) is 0 Å². The molecule has 0 aliphatic carbocycles. The molecule has 0 aliphatic heterocycles. The lowest BCUT2D eigenvalue weighted by Crippen LogP contribution is -2.21. The van der Waals surface area contributed by atoms with Gasteiger partial charge < -0.3 is 11.5 Å². The molecule has 1 rings (SSSR count). The summed E-state index contributed by atoms with van der Waals surface area (Å²) < 4.78 is 13.8. The summed E-state index contributed by atoms with van der Waals surface area (Å²) in [6.07, 6.45) is 0. The Balaban J connectivity index is 3.01. The van der Waals surface area contributed by atoms with Gasteiger partial charge in [0.25, 0.3) is 0 Å². The van der Waals surface area contributed by atoms with E-state index in [1.807, 2.05) is 0 Å². The second kappa shape index (κ2) is 3.98. The highest BCUT2D eigenvalue weighted by Crippen LogP contribution is 2.18. The first-order chi connectivity index (χ1) is 5.65. The van der Waals surface area contributed by atoms with Crippen molar-refractivity contribution in [3.63, 3.8) is 0 Å². The van der Waals surface area contributed by atoms with Crippen LogP contribution in [0.3, 0.4) is 0 Å². The summed E-state index contributed by atoms with van der Waals surface area (Å²) in [6.45, 7) is 0.249. The summed E-state index contributed by atoms with van der Waals surface area (Å²) in [7, 11) is 0. The Morgan fingerprint density at radius 2 is 2.17 bits per heavy atom. The third-order valence-electron chi connectivity index (χ3n) is 1.62. The Kier molecular flexibility index (Phi) is 3.20. The molecule has 0 heterocycles. The third kappa shape index (κ3) is 2.03. The summed E-state index contributed by atoms with van der Waals surface area (Å²) in [6, 6.07) is 4.34.